The molecule has 140 valence electrons. The molecule has 1 fully saturated rings. The normalized spacial score (nSPS) is 24.0. The summed E-state index contributed by atoms with van der Waals surface area (Å²) in [7, 11) is 0. The monoisotopic (exact) mass is 350 g/mol. The smallest absolute Gasteiger partial charge is 0.164 e. The van der Waals surface area contributed by atoms with Crippen molar-refractivity contribution in [3.05, 3.63) is 48.0 Å². The van der Waals surface area contributed by atoms with Crippen molar-refractivity contribution in [2.24, 2.45) is 0 Å². The Labute approximate surface area is 150 Å². The van der Waals surface area contributed by atoms with E-state index in [4.69, 9.17) is 19.3 Å². The number of hydrogen-bond acceptors (Lipinski definition) is 5. The second-order valence-electron chi connectivity index (χ2n) is 6.78. The van der Waals surface area contributed by atoms with Gasteiger partial charge in [-0.25, -0.2) is 0 Å². The van der Waals surface area contributed by atoms with Gasteiger partial charge in [-0.3, -0.25) is 0 Å². The van der Waals surface area contributed by atoms with Gasteiger partial charge in [0.2, 0.25) is 0 Å². The third-order valence-electron chi connectivity index (χ3n) is 4.08. The largest absolute Gasteiger partial charge is 0.394 e. The Bertz CT molecular complexity index is 514. The standard InChI is InChI=1S/C20H30O5/c1-20(2)24-18(19(25-20)17(22)14-21)12-8-3-4-9-13-23-15-16-10-6-5-7-11-16/h5-8,10-12,17-19,21-22H,3-4,9,13-15H2,1-2H3/b12-8-/t17-,18+,19-/m1/s1. The molecule has 0 radical (unpaired) electrons. The van der Waals surface area contributed by atoms with Gasteiger partial charge in [-0.1, -0.05) is 42.5 Å². The van der Waals surface area contributed by atoms with Gasteiger partial charge in [-0.05, 0) is 38.7 Å². The summed E-state index contributed by atoms with van der Waals surface area (Å²) in [6, 6.07) is 10.2. The Morgan fingerprint density at radius 2 is 1.96 bits per heavy atom. The number of unbranched alkanes of at least 4 members (excludes halogenated alkanes) is 2. The minimum atomic E-state index is -0.942. The number of ether oxygens (including phenoxy) is 3. The van der Waals surface area contributed by atoms with Gasteiger partial charge in [-0.2, -0.15) is 0 Å². The van der Waals surface area contributed by atoms with Crippen molar-refractivity contribution in [3.8, 4) is 0 Å². The molecule has 25 heavy (non-hydrogen) atoms. The molecule has 3 atom stereocenters. The first kappa shape index (κ1) is 20.1. The molecule has 5 nitrogen and oxygen atoms in total. The van der Waals surface area contributed by atoms with E-state index in [-0.39, 0.29) is 12.7 Å². The van der Waals surface area contributed by atoms with Crippen molar-refractivity contribution in [1.29, 1.82) is 0 Å². The molecule has 1 saturated heterocycles. The molecule has 0 bridgehead atoms. The molecule has 2 N–H and O–H groups in total. The lowest BCUT2D eigenvalue weighted by Crippen LogP contribution is -2.37. The maximum atomic E-state index is 9.85. The maximum Gasteiger partial charge on any atom is 0.164 e. The van der Waals surface area contributed by atoms with E-state index in [2.05, 4.69) is 12.1 Å². The van der Waals surface area contributed by atoms with Crippen LogP contribution in [-0.4, -0.2) is 47.5 Å². The average Bonchev–Trinajstić information content (AvgIpc) is 2.92. The minimum absolute atomic E-state index is 0.340. The van der Waals surface area contributed by atoms with Crippen molar-refractivity contribution in [1.82, 2.24) is 0 Å². The van der Waals surface area contributed by atoms with Crippen molar-refractivity contribution in [2.45, 2.75) is 63.8 Å². The van der Waals surface area contributed by atoms with Gasteiger partial charge in [0.15, 0.2) is 5.79 Å². The second-order valence-corrected chi connectivity index (χ2v) is 6.78. The highest BCUT2D eigenvalue weighted by molar-refractivity contribution is 5.13. The first-order valence-corrected chi connectivity index (χ1v) is 8.95. The van der Waals surface area contributed by atoms with Crippen LogP contribution in [0.2, 0.25) is 0 Å². The Morgan fingerprint density at radius 1 is 1.20 bits per heavy atom. The summed E-state index contributed by atoms with van der Waals surface area (Å²) >= 11 is 0. The molecule has 0 aliphatic carbocycles. The third kappa shape index (κ3) is 6.88. The summed E-state index contributed by atoms with van der Waals surface area (Å²) in [5.41, 5.74) is 1.19. The Kier molecular flexibility index (Phi) is 8.06. The Hall–Kier alpha value is -1.24. The molecular weight excluding hydrogens is 320 g/mol. The Balaban J connectivity index is 1.62. The zero-order valence-corrected chi connectivity index (χ0v) is 15.1. The van der Waals surface area contributed by atoms with Crippen LogP contribution in [0.1, 0.15) is 38.7 Å². The molecule has 0 spiro atoms. The van der Waals surface area contributed by atoms with Gasteiger partial charge in [0.05, 0.1) is 13.2 Å². The van der Waals surface area contributed by atoms with E-state index in [0.717, 1.165) is 25.9 Å². The van der Waals surface area contributed by atoms with Crippen LogP contribution >= 0.6 is 0 Å². The summed E-state index contributed by atoms with van der Waals surface area (Å²) < 4.78 is 17.1. The van der Waals surface area contributed by atoms with Crippen molar-refractivity contribution < 1.29 is 24.4 Å². The minimum Gasteiger partial charge on any atom is -0.394 e. The molecule has 5 heteroatoms. The summed E-state index contributed by atoms with van der Waals surface area (Å²) in [6.07, 6.45) is 5.08. The molecule has 0 amide bonds. The van der Waals surface area contributed by atoms with Crippen molar-refractivity contribution in [3.63, 3.8) is 0 Å². The van der Waals surface area contributed by atoms with Gasteiger partial charge >= 0.3 is 0 Å². The number of aliphatic hydroxyl groups is 2. The van der Waals surface area contributed by atoms with E-state index in [1.807, 2.05) is 44.2 Å². The molecule has 1 aliphatic heterocycles. The predicted molar refractivity (Wildman–Crippen MR) is 96.0 cm³/mol. The quantitative estimate of drug-likeness (QED) is 0.502. The number of hydrogen-bond donors (Lipinski definition) is 2. The Morgan fingerprint density at radius 3 is 2.68 bits per heavy atom. The lowest BCUT2D eigenvalue weighted by Gasteiger charge is -2.19. The number of aliphatic hydroxyl groups excluding tert-OH is 2. The van der Waals surface area contributed by atoms with Crippen LogP contribution in [0.15, 0.2) is 42.5 Å². The highest BCUT2D eigenvalue weighted by Crippen LogP contribution is 2.30. The molecule has 0 aromatic heterocycles. The fraction of sp³-hybridized carbons (Fsp3) is 0.600. The van der Waals surface area contributed by atoms with E-state index in [0.29, 0.717) is 6.61 Å². The van der Waals surface area contributed by atoms with E-state index < -0.39 is 18.0 Å². The first-order chi connectivity index (χ1) is 12.0. The summed E-state index contributed by atoms with van der Waals surface area (Å²) in [4.78, 5) is 0. The highest BCUT2D eigenvalue weighted by Gasteiger charge is 2.43. The maximum absolute atomic E-state index is 9.85. The van der Waals surface area contributed by atoms with Crippen molar-refractivity contribution in [2.75, 3.05) is 13.2 Å². The fourth-order valence-corrected chi connectivity index (χ4v) is 2.83. The van der Waals surface area contributed by atoms with Crippen LogP contribution in [-0.2, 0) is 20.8 Å². The van der Waals surface area contributed by atoms with Crippen LogP contribution in [0.3, 0.4) is 0 Å². The topological polar surface area (TPSA) is 68.2 Å². The molecule has 1 aromatic rings. The second kappa shape index (κ2) is 10.0. The molecule has 1 heterocycles. The zero-order chi connectivity index (χ0) is 18.1. The number of benzene rings is 1. The van der Waals surface area contributed by atoms with Crippen LogP contribution in [0.4, 0.5) is 0 Å². The van der Waals surface area contributed by atoms with E-state index in [1.165, 1.54) is 5.56 Å². The summed E-state index contributed by atoms with van der Waals surface area (Å²) in [6.45, 7) is 4.67. The highest BCUT2D eigenvalue weighted by atomic mass is 16.8. The van der Waals surface area contributed by atoms with E-state index >= 15 is 0 Å². The van der Waals surface area contributed by atoms with Gasteiger partial charge in [0.25, 0.3) is 0 Å². The fourth-order valence-electron chi connectivity index (χ4n) is 2.83. The number of rotatable bonds is 10. The van der Waals surface area contributed by atoms with Gasteiger partial charge in [0, 0.05) is 6.61 Å². The molecule has 2 rings (SSSR count). The van der Waals surface area contributed by atoms with E-state index in [1.54, 1.807) is 0 Å². The average molecular weight is 350 g/mol. The SMILES string of the molecule is CC1(C)O[C@H]([C@H](O)CO)[C@H](/C=C\CCCCOCc2ccccc2)O1. The predicted octanol–water partition coefficient (Wildman–Crippen LogP) is 2.80. The zero-order valence-electron chi connectivity index (χ0n) is 15.1. The van der Waals surface area contributed by atoms with Crippen molar-refractivity contribution >= 4 is 0 Å². The molecular formula is C20H30O5. The number of allylic oxidation sites excluding steroid dienone is 1. The van der Waals surface area contributed by atoms with Gasteiger partial charge < -0.3 is 24.4 Å². The van der Waals surface area contributed by atoms with Gasteiger partial charge in [-0.15, -0.1) is 0 Å². The van der Waals surface area contributed by atoms with Crippen LogP contribution < -0.4 is 0 Å². The molecule has 1 aromatic carbocycles. The molecule has 1 aliphatic rings. The molecule has 0 saturated carbocycles. The molecule has 0 unspecified atom stereocenters. The van der Waals surface area contributed by atoms with Crippen LogP contribution in [0, 0.1) is 0 Å². The first-order valence-electron chi connectivity index (χ1n) is 8.95. The lowest BCUT2D eigenvalue weighted by molar-refractivity contribution is -0.155. The third-order valence-corrected chi connectivity index (χ3v) is 4.08. The van der Waals surface area contributed by atoms with Crippen LogP contribution in [0.25, 0.3) is 0 Å². The summed E-state index contributed by atoms with van der Waals surface area (Å²) in [5, 5.41) is 19.0. The lowest BCUT2D eigenvalue weighted by atomic mass is 10.1. The van der Waals surface area contributed by atoms with Crippen LogP contribution in [0.5, 0.6) is 0 Å². The van der Waals surface area contributed by atoms with Gasteiger partial charge in [0.1, 0.15) is 18.3 Å². The summed E-state index contributed by atoms with van der Waals surface area (Å²) in [5.74, 6) is -0.749. The van der Waals surface area contributed by atoms with E-state index in [9.17, 15) is 5.11 Å².